The smallest absolute Gasteiger partial charge is 0.241 e. The highest BCUT2D eigenvalue weighted by Gasteiger charge is 2.28. The largest absolute Gasteiger partial charge is 0.361 e. The number of amides is 1. The third-order valence-electron chi connectivity index (χ3n) is 5.82. The maximum absolute atomic E-state index is 13.7. The number of fused-ring (bicyclic) bond motifs is 1. The molecule has 3 N–H and O–H groups in total. The van der Waals surface area contributed by atoms with Gasteiger partial charge in [0.25, 0.3) is 0 Å². The van der Waals surface area contributed by atoms with E-state index in [1.165, 1.54) is 18.2 Å². The number of sulfonamides is 1. The summed E-state index contributed by atoms with van der Waals surface area (Å²) in [4.78, 5) is 16.5. The Hall–Kier alpha value is -3.56. The van der Waals surface area contributed by atoms with Crippen molar-refractivity contribution in [2.75, 3.05) is 0 Å². The lowest BCUT2D eigenvalue weighted by molar-refractivity contribution is -0.123. The molecule has 6 nitrogen and oxygen atoms in total. The average molecular weight is 498 g/mol. The summed E-state index contributed by atoms with van der Waals surface area (Å²) >= 11 is 0. The summed E-state index contributed by atoms with van der Waals surface area (Å²) in [7, 11) is -4.03. The molecule has 0 saturated carbocycles. The lowest BCUT2D eigenvalue weighted by Crippen LogP contribution is -2.48. The van der Waals surface area contributed by atoms with Crippen LogP contribution in [0.3, 0.4) is 0 Å². The van der Waals surface area contributed by atoms with Crippen molar-refractivity contribution in [3.8, 4) is 0 Å². The third kappa shape index (κ3) is 5.58. The Bertz CT molecular complexity index is 1480. The fraction of sp³-hybridized carbons (Fsp3) is 0.192. The molecule has 0 saturated heterocycles. The molecule has 3 aromatic carbocycles. The second-order valence-corrected chi connectivity index (χ2v) is 10.2. The minimum absolute atomic E-state index is 0.0443. The van der Waals surface area contributed by atoms with Gasteiger partial charge in [-0.05, 0) is 67.3 Å². The Labute approximate surface area is 202 Å². The zero-order valence-corrected chi connectivity index (χ0v) is 20.0. The fourth-order valence-electron chi connectivity index (χ4n) is 3.93. The lowest BCUT2D eigenvalue weighted by Gasteiger charge is -2.22. The van der Waals surface area contributed by atoms with E-state index in [9.17, 15) is 22.0 Å². The number of hydrogen-bond donors (Lipinski definition) is 3. The molecule has 1 amide bonds. The molecule has 1 aromatic heterocycles. The van der Waals surface area contributed by atoms with E-state index in [1.807, 2.05) is 24.3 Å². The molecule has 2 unspecified atom stereocenters. The van der Waals surface area contributed by atoms with Crippen LogP contribution < -0.4 is 10.0 Å². The summed E-state index contributed by atoms with van der Waals surface area (Å²) in [5, 5.41) is 3.59. The molecule has 4 aromatic rings. The quantitative estimate of drug-likeness (QED) is 0.334. The Kier molecular flexibility index (Phi) is 7.00. The molecule has 9 heteroatoms. The fourth-order valence-corrected chi connectivity index (χ4v) is 5.22. The number of halogens is 2. The molecule has 0 radical (unpaired) electrons. The van der Waals surface area contributed by atoms with Crippen molar-refractivity contribution in [2.45, 2.75) is 37.2 Å². The number of hydrogen-bond acceptors (Lipinski definition) is 3. The van der Waals surface area contributed by atoms with Crippen molar-refractivity contribution < 1.29 is 22.0 Å². The Morgan fingerprint density at radius 1 is 1.00 bits per heavy atom. The summed E-state index contributed by atoms with van der Waals surface area (Å²) in [5.41, 5.74) is 2.73. The minimum atomic E-state index is -4.03. The van der Waals surface area contributed by atoms with Crippen LogP contribution in [0.25, 0.3) is 10.9 Å². The van der Waals surface area contributed by atoms with Crippen molar-refractivity contribution in [1.29, 1.82) is 0 Å². The van der Waals surface area contributed by atoms with E-state index in [4.69, 9.17) is 0 Å². The maximum atomic E-state index is 13.7. The Morgan fingerprint density at radius 3 is 2.51 bits per heavy atom. The van der Waals surface area contributed by atoms with Gasteiger partial charge in [0.05, 0.1) is 10.9 Å². The van der Waals surface area contributed by atoms with E-state index in [2.05, 4.69) is 15.0 Å². The number of rotatable bonds is 8. The van der Waals surface area contributed by atoms with Gasteiger partial charge < -0.3 is 10.3 Å². The first kappa shape index (κ1) is 24.6. The molecule has 0 aliphatic rings. The molecular weight excluding hydrogens is 472 g/mol. The highest BCUT2D eigenvalue weighted by atomic mass is 32.2. The summed E-state index contributed by atoms with van der Waals surface area (Å²) in [6.07, 6.45) is 1.82. The van der Waals surface area contributed by atoms with Crippen molar-refractivity contribution in [1.82, 2.24) is 15.0 Å². The molecule has 35 heavy (non-hydrogen) atoms. The number of aromatic amines is 1. The van der Waals surface area contributed by atoms with Crippen LogP contribution in [0.5, 0.6) is 0 Å². The van der Waals surface area contributed by atoms with Gasteiger partial charge in [0, 0.05) is 17.1 Å². The normalized spacial score (nSPS) is 13.5. The van der Waals surface area contributed by atoms with Crippen LogP contribution in [0.15, 0.2) is 77.8 Å². The second-order valence-electron chi connectivity index (χ2n) is 8.46. The maximum Gasteiger partial charge on any atom is 0.241 e. The number of carbonyl (C=O) groups excluding carboxylic acids is 1. The van der Waals surface area contributed by atoms with Gasteiger partial charge in [-0.15, -0.1) is 0 Å². The molecule has 4 rings (SSSR count). The van der Waals surface area contributed by atoms with E-state index in [-0.39, 0.29) is 11.3 Å². The molecule has 0 spiro atoms. The predicted molar refractivity (Wildman–Crippen MR) is 130 cm³/mol. The number of aromatic nitrogens is 1. The van der Waals surface area contributed by atoms with Crippen molar-refractivity contribution in [3.63, 3.8) is 0 Å². The molecular formula is C26H25F2N3O3S. The van der Waals surface area contributed by atoms with Crippen LogP contribution in [0.4, 0.5) is 8.78 Å². The number of nitrogens with one attached hydrogen (secondary N) is 3. The lowest BCUT2D eigenvalue weighted by atomic mass is 10.0. The number of para-hydroxylation sites is 1. The van der Waals surface area contributed by atoms with Crippen LogP contribution in [-0.4, -0.2) is 25.4 Å². The molecule has 1 heterocycles. The molecule has 2 atom stereocenters. The first-order valence-corrected chi connectivity index (χ1v) is 12.5. The van der Waals surface area contributed by atoms with Gasteiger partial charge in [0.1, 0.15) is 6.04 Å². The highest BCUT2D eigenvalue weighted by molar-refractivity contribution is 7.89. The van der Waals surface area contributed by atoms with Gasteiger partial charge in [-0.1, -0.05) is 36.4 Å². The van der Waals surface area contributed by atoms with Gasteiger partial charge in [-0.2, -0.15) is 4.72 Å². The zero-order chi connectivity index (χ0) is 25.2. The van der Waals surface area contributed by atoms with Gasteiger partial charge in [-0.3, -0.25) is 4.79 Å². The second kappa shape index (κ2) is 9.97. The summed E-state index contributed by atoms with van der Waals surface area (Å²) in [6, 6.07) is 15.4. The van der Waals surface area contributed by atoms with Gasteiger partial charge in [-0.25, -0.2) is 17.2 Å². The predicted octanol–water partition coefficient (Wildman–Crippen LogP) is 4.52. The summed E-state index contributed by atoms with van der Waals surface area (Å²) in [5.74, 6) is -2.61. The topological polar surface area (TPSA) is 91.1 Å². The summed E-state index contributed by atoms with van der Waals surface area (Å²) < 4.78 is 55.8. The van der Waals surface area contributed by atoms with E-state index in [0.29, 0.717) is 5.56 Å². The first-order valence-electron chi connectivity index (χ1n) is 11.0. The Balaban J connectivity index is 1.63. The van der Waals surface area contributed by atoms with E-state index in [1.54, 1.807) is 32.2 Å². The van der Waals surface area contributed by atoms with Crippen LogP contribution in [0.1, 0.15) is 29.7 Å². The summed E-state index contributed by atoms with van der Waals surface area (Å²) in [6.45, 7) is 3.39. The number of aryl methyl sites for hydroxylation is 1. The highest BCUT2D eigenvalue weighted by Crippen LogP contribution is 2.21. The standard InChI is InChI=1S/C26H25F2N3O3S/c1-16-6-5-7-20(12-16)35(33,34)31-25(14-19-15-29-24-9-4-3-8-21(19)24)26(32)30-17(2)18-10-11-22(27)23(28)13-18/h3-13,15,17,25,29,31H,14H2,1-2H3,(H,30,32). The van der Waals surface area contributed by atoms with E-state index in [0.717, 1.165) is 34.2 Å². The Morgan fingerprint density at radius 2 is 1.77 bits per heavy atom. The van der Waals surface area contributed by atoms with E-state index < -0.39 is 39.6 Å². The number of H-pyrrole nitrogens is 1. The van der Waals surface area contributed by atoms with Crippen molar-refractivity contribution in [2.24, 2.45) is 0 Å². The van der Waals surface area contributed by atoms with Gasteiger partial charge >= 0.3 is 0 Å². The molecule has 0 fully saturated rings. The minimum Gasteiger partial charge on any atom is -0.361 e. The van der Waals surface area contributed by atoms with Crippen molar-refractivity contribution >= 4 is 26.8 Å². The monoisotopic (exact) mass is 497 g/mol. The number of benzene rings is 3. The van der Waals surface area contributed by atoms with Crippen LogP contribution in [-0.2, 0) is 21.2 Å². The molecule has 182 valence electrons. The van der Waals surface area contributed by atoms with Crippen LogP contribution in [0.2, 0.25) is 0 Å². The van der Waals surface area contributed by atoms with E-state index >= 15 is 0 Å². The van der Waals surface area contributed by atoms with Crippen LogP contribution >= 0.6 is 0 Å². The average Bonchev–Trinajstić information content (AvgIpc) is 3.23. The first-order chi connectivity index (χ1) is 16.6. The molecule has 0 aliphatic heterocycles. The molecule has 0 aliphatic carbocycles. The molecule has 0 bridgehead atoms. The van der Waals surface area contributed by atoms with Gasteiger partial charge in [0.15, 0.2) is 11.6 Å². The number of carbonyl (C=O) groups is 1. The van der Waals surface area contributed by atoms with Crippen molar-refractivity contribution in [3.05, 3.63) is 101 Å². The SMILES string of the molecule is Cc1cccc(S(=O)(=O)NC(Cc2c[nH]c3ccccc23)C(=O)NC(C)c2ccc(F)c(F)c2)c1. The van der Waals surface area contributed by atoms with Gasteiger partial charge in [0.2, 0.25) is 15.9 Å². The third-order valence-corrected chi connectivity index (χ3v) is 7.28. The zero-order valence-electron chi connectivity index (χ0n) is 19.2. The van der Waals surface area contributed by atoms with Crippen LogP contribution in [0, 0.1) is 18.6 Å².